The summed E-state index contributed by atoms with van der Waals surface area (Å²) in [7, 11) is 0. The molecule has 28 heavy (non-hydrogen) atoms. The first kappa shape index (κ1) is 18.1. The third-order valence-corrected chi connectivity index (χ3v) is 5.41. The number of aryl methyl sites for hydroxylation is 3. The maximum absolute atomic E-state index is 12.8. The van der Waals surface area contributed by atoms with Crippen LogP contribution in [0.2, 0.25) is 0 Å². The predicted molar refractivity (Wildman–Crippen MR) is 114 cm³/mol. The van der Waals surface area contributed by atoms with Gasteiger partial charge in [0.2, 0.25) is 5.56 Å². The van der Waals surface area contributed by atoms with Crippen LogP contribution >= 0.6 is 11.3 Å². The van der Waals surface area contributed by atoms with Crippen molar-refractivity contribution in [2.24, 2.45) is 0 Å². The molecule has 0 unspecified atom stereocenters. The van der Waals surface area contributed by atoms with E-state index in [1.807, 2.05) is 23.6 Å². The predicted octanol–water partition coefficient (Wildman–Crippen LogP) is 4.83. The summed E-state index contributed by atoms with van der Waals surface area (Å²) in [5.41, 5.74) is 6.10. The number of nitrogens with one attached hydrogen (secondary N) is 2. The number of hydrogen-bond donors (Lipinski definition) is 2. The van der Waals surface area contributed by atoms with Gasteiger partial charge in [0.1, 0.15) is 0 Å². The molecule has 4 rings (SSSR count). The zero-order valence-corrected chi connectivity index (χ0v) is 16.6. The average Bonchev–Trinajstić information content (AvgIpc) is 3.08. The van der Waals surface area contributed by atoms with Crippen LogP contribution in [0.5, 0.6) is 0 Å². The largest absolute Gasteiger partial charge is 0.322 e. The van der Waals surface area contributed by atoms with Crippen LogP contribution in [0, 0.1) is 20.8 Å². The van der Waals surface area contributed by atoms with E-state index in [1.54, 1.807) is 6.07 Å². The van der Waals surface area contributed by atoms with Crippen molar-refractivity contribution in [2.75, 3.05) is 5.32 Å². The second-order valence-electron chi connectivity index (χ2n) is 6.86. The van der Waals surface area contributed by atoms with Crippen LogP contribution in [0.25, 0.3) is 22.2 Å². The third kappa shape index (κ3) is 3.34. The van der Waals surface area contributed by atoms with Crippen molar-refractivity contribution in [1.29, 1.82) is 0 Å². The number of fused-ring (bicyclic) bond motifs is 1. The number of nitrogens with zero attached hydrogens (tertiary/aromatic N) is 1. The molecule has 0 saturated heterocycles. The molecule has 0 radical (unpaired) electrons. The summed E-state index contributed by atoms with van der Waals surface area (Å²) >= 11 is 1.37. The number of thiazole rings is 1. The highest BCUT2D eigenvalue weighted by atomic mass is 32.1. The number of aromatic nitrogens is 2. The summed E-state index contributed by atoms with van der Waals surface area (Å²) in [5, 5.41) is 5.97. The van der Waals surface area contributed by atoms with Crippen molar-refractivity contribution in [3.8, 4) is 11.3 Å². The van der Waals surface area contributed by atoms with Crippen LogP contribution in [-0.4, -0.2) is 15.9 Å². The molecule has 0 bridgehead atoms. The first-order valence-electron chi connectivity index (χ1n) is 8.89. The molecule has 5 nitrogen and oxygen atoms in total. The fourth-order valence-electron chi connectivity index (χ4n) is 3.59. The van der Waals surface area contributed by atoms with E-state index in [4.69, 9.17) is 0 Å². The number of anilines is 1. The summed E-state index contributed by atoms with van der Waals surface area (Å²) in [4.78, 5) is 32.1. The number of rotatable bonds is 3. The first-order valence-corrected chi connectivity index (χ1v) is 9.77. The molecule has 2 aromatic carbocycles. The van der Waals surface area contributed by atoms with Crippen molar-refractivity contribution in [2.45, 2.75) is 20.8 Å². The van der Waals surface area contributed by atoms with Crippen LogP contribution in [0.4, 0.5) is 5.13 Å². The lowest BCUT2D eigenvalue weighted by atomic mass is 9.98. The summed E-state index contributed by atoms with van der Waals surface area (Å²) in [6, 6.07) is 12.8. The van der Waals surface area contributed by atoms with E-state index in [0.717, 1.165) is 22.4 Å². The lowest BCUT2D eigenvalue weighted by Crippen LogP contribution is -2.16. The molecule has 0 saturated carbocycles. The van der Waals surface area contributed by atoms with Gasteiger partial charge in [-0.1, -0.05) is 35.9 Å². The normalized spacial score (nSPS) is 11.0. The average molecular weight is 389 g/mol. The van der Waals surface area contributed by atoms with E-state index in [2.05, 4.69) is 48.2 Å². The standard InChI is InChI=1S/C22H19N3O2S/c1-12-8-13(2)20(14(3)9-12)18-11-28-22(24-18)25-21(27)16-10-19(26)23-17-7-5-4-6-15(16)17/h4-11H,1-3H3,(H,23,26)(H,24,25,27). The van der Waals surface area contributed by atoms with E-state index in [9.17, 15) is 9.59 Å². The Bertz CT molecular complexity index is 1250. The first-order chi connectivity index (χ1) is 13.4. The minimum Gasteiger partial charge on any atom is -0.322 e. The zero-order chi connectivity index (χ0) is 19.8. The van der Waals surface area contributed by atoms with Crippen LogP contribution in [0.3, 0.4) is 0 Å². The molecule has 140 valence electrons. The summed E-state index contributed by atoms with van der Waals surface area (Å²) in [5.74, 6) is -0.347. The lowest BCUT2D eigenvalue weighted by Gasteiger charge is -2.09. The van der Waals surface area contributed by atoms with Gasteiger partial charge < -0.3 is 4.98 Å². The molecule has 0 fully saturated rings. The van der Waals surface area contributed by atoms with Crippen LogP contribution < -0.4 is 10.9 Å². The molecule has 2 heterocycles. The van der Waals surface area contributed by atoms with Crippen molar-refractivity contribution in [1.82, 2.24) is 9.97 Å². The Labute approximate surface area is 166 Å². The van der Waals surface area contributed by atoms with E-state index in [1.165, 1.54) is 23.0 Å². The van der Waals surface area contributed by atoms with E-state index >= 15 is 0 Å². The molecule has 0 atom stereocenters. The van der Waals surface area contributed by atoms with Gasteiger partial charge >= 0.3 is 0 Å². The van der Waals surface area contributed by atoms with E-state index in [0.29, 0.717) is 21.6 Å². The molecule has 2 aromatic heterocycles. The Morgan fingerprint density at radius 3 is 2.54 bits per heavy atom. The highest BCUT2D eigenvalue weighted by Crippen LogP contribution is 2.31. The maximum Gasteiger partial charge on any atom is 0.258 e. The van der Waals surface area contributed by atoms with Crippen molar-refractivity contribution in [3.63, 3.8) is 0 Å². The SMILES string of the molecule is Cc1cc(C)c(-c2csc(NC(=O)c3cc(=O)[nH]c4ccccc34)n2)c(C)c1. The van der Waals surface area contributed by atoms with Gasteiger partial charge in [-0.3, -0.25) is 14.9 Å². The monoisotopic (exact) mass is 389 g/mol. The second-order valence-corrected chi connectivity index (χ2v) is 7.72. The summed E-state index contributed by atoms with van der Waals surface area (Å²) < 4.78 is 0. The number of amides is 1. The highest BCUT2D eigenvalue weighted by Gasteiger charge is 2.15. The Hall–Kier alpha value is -3.25. The number of H-pyrrole nitrogens is 1. The highest BCUT2D eigenvalue weighted by molar-refractivity contribution is 7.14. The van der Waals surface area contributed by atoms with Crippen molar-refractivity contribution < 1.29 is 4.79 Å². The number of benzene rings is 2. The number of pyridine rings is 1. The number of para-hydroxylation sites is 1. The Kier molecular flexibility index (Phi) is 4.57. The van der Waals surface area contributed by atoms with Gasteiger partial charge in [-0.05, 0) is 38.0 Å². The molecule has 6 heteroatoms. The van der Waals surface area contributed by atoms with Gasteiger partial charge in [-0.25, -0.2) is 4.98 Å². The minimum absolute atomic E-state index is 0.311. The van der Waals surface area contributed by atoms with Crippen LogP contribution in [0.1, 0.15) is 27.0 Å². The molecule has 0 spiro atoms. The van der Waals surface area contributed by atoms with E-state index < -0.39 is 0 Å². The minimum atomic E-state index is -0.347. The van der Waals surface area contributed by atoms with Gasteiger partial charge in [-0.2, -0.15) is 0 Å². The zero-order valence-electron chi connectivity index (χ0n) is 15.8. The second kappa shape index (κ2) is 7.05. The molecule has 0 aliphatic carbocycles. The number of carbonyl (C=O) groups is 1. The van der Waals surface area contributed by atoms with Gasteiger partial charge in [-0.15, -0.1) is 11.3 Å². The topological polar surface area (TPSA) is 74.8 Å². The Balaban J connectivity index is 1.67. The van der Waals surface area contributed by atoms with Gasteiger partial charge in [0.25, 0.3) is 5.91 Å². The maximum atomic E-state index is 12.8. The molecule has 1 amide bonds. The van der Waals surface area contributed by atoms with Gasteiger partial charge in [0.05, 0.1) is 11.3 Å². The molecule has 0 aliphatic rings. The Morgan fingerprint density at radius 2 is 1.79 bits per heavy atom. The quantitative estimate of drug-likeness (QED) is 0.527. The Morgan fingerprint density at radius 1 is 1.07 bits per heavy atom. The molecule has 0 aliphatic heterocycles. The molecular weight excluding hydrogens is 370 g/mol. The molecular formula is C22H19N3O2S. The van der Waals surface area contributed by atoms with E-state index in [-0.39, 0.29) is 11.5 Å². The number of hydrogen-bond acceptors (Lipinski definition) is 4. The van der Waals surface area contributed by atoms with Gasteiger partial charge in [0, 0.05) is 27.9 Å². The summed E-state index contributed by atoms with van der Waals surface area (Å²) in [6.07, 6.45) is 0. The lowest BCUT2D eigenvalue weighted by molar-refractivity contribution is 0.102. The smallest absolute Gasteiger partial charge is 0.258 e. The fraction of sp³-hybridized carbons (Fsp3) is 0.136. The molecule has 4 aromatic rings. The van der Waals surface area contributed by atoms with Crippen molar-refractivity contribution in [3.05, 3.63) is 80.5 Å². The van der Waals surface area contributed by atoms with Gasteiger partial charge in [0.15, 0.2) is 5.13 Å². The molecule has 2 N–H and O–H groups in total. The third-order valence-electron chi connectivity index (χ3n) is 4.65. The van der Waals surface area contributed by atoms with Crippen molar-refractivity contribution >= 4 is 33.3 Å². The number of carbonyl (C=O) groups excluding carboxylic acids is 1. The number of aromatic amines is 1. The van der Waals surface area contributed by atoms with Crippen LogP contribution in [0.15, 0.2) is 52.6 Å². The summed E-state index contributed by atoms with van der Waals surface area (Å²) in [6.45, 7) is 6.20. The fourth-order valence-corrected chi connectivity index (χ4v) is 4.28. The van der Waals surface area contributed by atoms with Crippen LogP contribution in [-0.2, 0) is 0 Å².